The van der Waals surface area contributed by atoms with Crippen LogP contribution in [0.5, 0.6) is 0 Å². The zero-order valence-corrected chi connectivity index (χ0v) is 10.7. The van der Waals surface area contributed by atoms with Crippen molar-refractivity contribution in [3.63, 3.8) is 0 Å². The molecule has 1 aromatic carbocycles. The molecular weight excluding hydrogens is 244 g/mol. The van der Waals surface area contributed by atoms with Gasteiger partial charge in [-0.25, -0.2) is 4.39 Å². The maximum Gasteiger partial charge on any atom is 1.00 e. The zero-order valence-electron chi connectivity index (χ0n) is 7.58. The van der Waals surface area contributed by atoms with E-state index in [-0.39, 0.29) is 51.4 Å². The van der Waals surface area contributed by atoms with E-state index in [1.165, 1.54) is 0 Å². The number of nitro groups is 1. The molecule has 15 heavy (non-hydrogen) atoms. The number of benzene rings is 1. The van der Waals surface area contributed by atoms with Crippen LogP contribution in [0.1, 0.15) is 0 Å². The third kappa shape index (κ3) is 3.52. The molecule has 0 heterocycles. The molecule has 0 atom stereocenters. The molecule has 3 nitrogen and oxygen atoms in total. The molecule has 1 aromatic rings. The molecule has 0 N–H and O–H groups in total. The van der Waals surface area contributed by atoms with Crippen LogP contribution in [-0.2, 0) is 0 Å². The number of nitro benzene ring substituents is 1. The molecule has 0 spiro atoms. The number of nitrogens with zero attached hydrogens (tertiary/aromatic N) is 1. The third-order valence-electron chi connectivity index (χ3n) is 1.56. The van der Waals surface area contributed by atoms with Crippen molar-refractivity contribution in [1.29, 1.82) is 0 Å². The van der Waals surface area contributed by atoms with Gasteiger partial charge in [-0.15, -0.1) is 0 Å². The monoisotopic (exact) mass is 247 g/mol. The molecule has 0 aliphatic carbocycles. The smallest absolute Gasteiger partial charge is 0.445 e. The van der Waals surface area contributed by atoms with Crippen molar-refractivity contribution in [3.05, 3.63) is 34.1 Å². The first-order chi connectivity index (χ1) is 6.34. The van der Waals surface area contributed by atoms with Gasteiger partial charge in [0.1, 0.15) is 0 Å². The van der Waals surface area contributed by atoms with Crippen molar-refractivity contribution in [2.24, 2.45) is 0 Å². The quantitative estimate of drug-likeness (QED) is 0.285. The molecule has 0 aliphatic heterocycles. The summed E-state index contributed by atoms with van der Waals surface area (Å²) in [5.74, 6) is -1.83. The molecule has 0 bridgehead atoms. The Bertz CT molecular complexity index is 384. The summed E-state index contributed by atoms with van der Waals surface area (Å²) in [4.78, 5) is 8.91. The van der Waals surface area contributed by atoms with Crippen molar-refractivity contribution < 1.29 is 73.6 Å². The predicted octanol–water partition coefficient (Wildman–Crippen LogP) is -1.21. The van der Waals surface area contributed by atoms with E-state index < -0.39 is 28.9 Å². The van der Waals surface area contributed by atoms with Crippen LogP contribution in [0.3, 0.4) is 0 Å². The molecule has 0 saturated heterocycles. The van der Waals surface area contributed by atoms with Crippen molar-refractivity contribution in [3.8, 4) is 0 Å². The predicted molar refractivity (Wildman–Crippen MR) is 41.8 cm³/mol. The van der Waals surface area contributed by atoms with Crippen LogP contribution in [0.2, 0.25) is 0 Å². The standard InChI is InChI=1S/C6H3BF4NO2.K/c8-6-4(7(9,10)11)2-1-3-5(6)12(13)14;/h1-3H;/q-1;+1. The molecule has 0 aliphatic rings. The molecular formula is C6H3BF4KNO2. The molecule has 9 heteroatoms. The Balaban J connectivity index is 0.00000196. The Morgan fingerprint density at radius 3 is 2.20 bits per heavy atom. The molecule has 1 rings (SSSR count). The minimum atomic E-state index is -5.56. The van der Waals surface area contributed by atoms with E-state index in [2.05, 4.69) is 0 Å². The minimum Gasteiger partial charge on any atom is -0.445 e. The van der Waals surface area contributed by atoms with E-state index in [0.29, 0.717) is 12.1 Å². The SMILES string of the molecule is O=[N+]([O-])c1cccc([B-](F)(F)F)c1F.[K+]. The Hall–Kier alpha value is 0.0413. The van der Waals surface area contributed by atoms with Crippen LogP contribution in [0.4, 0.5) is 23.0 Å². The van der Waals surface area contributed by atoms with E-state index in [1.54, 1.807) is 0 Å². The molecule has 0 amide bonds. The Morgan fingerprint density at radius 2 is 1.80 bits per heavy atom. The number of rotatable bonds is 2. The topological polar surface area (TPSA) is 43.1 Å². The van der Waals surface area contributed by atoms with Crippen molar-refractivity contribution >= 4 is 18.1 Å². The summed E-state index contributed by atoms with van der Waals surface area (Å²) in [7, 11) is 0. The van der Waals surface area contributed by atoms with Crippen LogP contribution < -0.4 is 56.8 Å². The van der Waals surface area contributed by atoms with Gasteiger partial charge in [-0.3, -0.25) is 10.1 Å². The van der Waals surface area contributed by atoms with Gasteiger partial charge >= 0.3 is 64.0 Å². The first-order valence-electron chi connectivity index (χ1n) is 3.47. The number of hydrogen-bond acceptors (Lipinski definition) is 2. The van der Waals surface area contributed by atoms with Crippen molar-refractivity contribution in [1.82, 2.24) is 0 Å². The van der Waals surface area contributed by atoms with E-state index in [4.69, 9.17) is 0 Å². The molecule has 0 aromatic heterocycles. The van der Waals surface area contributed by atoms with Gasteiger partial charge in [-0.1, -0.05) is 17.6 Å². The molecule has 0 radical (unpaired) electrons. The fraction of sp³-hybridized carbons (Fsp3) is 0. The number of halogens is 4. The summed E-state index contributed by atoms with van der Waals surface area (Å²) in [6.07, 6.45) is 0. The Morgan fingerprint density at radius 1 is 1.27 bits per heavy atom. The number of hydrogen-bond donors (Lipinski definition) is 0. The minimum absolute atomic E-state index is 0. The van der Waals surface area contributed by atoms with Crippen molar-refractivity contribution in [2.45, 2.75) is 0 Å². The van der Waals surface area contributed by atoms with Gasteiger partial charge < -0.3 is 12.9 Å². The van der Waals surface area contributed by atoms with Gasteiger partial charge in [0.05, 0.1) is 4.92 Å². The zero-order chi connectivity index (χ0) is 10.9. The van der Waals surface area contributed by atoms with E-state index in [9.17, 15) is 27.5 Å². The van der Waals surface area contributed by atoms with Gasteiger partial charge in [0, 0.05) is 6.07 Å². The van der Waals surface area contributed by atoms with Gasteiger partial charge in [0.2, 0.25) is 0 Å². The van der Waals surface area contributed by atoms with Crippen molar-refractivity contribution in [2.75, 3.05) is 0 Å². The van der Waals surface area contributed by atoms with Crippen LogP contribution in [0.25, 0.3) is 0 Å². The first kappa shape index (κ1) is 15.0. The second-order valence-corrected chi connectivity index (χ2v) is 2.51. The van der Waals surface area contributed by atoms with E-state index in [1.807, 2.05) is 0 Å². The average molecular weight is 247 g/mol. The second kappa shape index (κ2) is 5.39. The fourth-order valence-corrected chi connectivity index (χ4v) is 0.931. The maximum absolute atomic E-state index is 12.9. The second-order valence-electron chi connectivity index (χ2n) is 2.51. The van der Waals surface area contributed by atoms with Gasteiger partial charge in [-0.05, 0) is 0 Å². The van der Waals surface area contributed by atoms with Crippen LogP contribution in [-0.4, -0.2) is 11.9 Å². The van der Waals surface area contributed by atoms with E-state index >= 15 is 0 Å². The maximum atomic E-state index is 12.9. The molecule has 0 unspecified atom stereocenters. The summed E-state index contributed by atoms with van der Waals surface area (Å²) in [6.45, 7) is -5.56. The summed E-state index contributed by atoms with van der Waals surface area (Å²) in [6, 6.07) is 1.95. The van der Waals surface area contributed by atoms with Gasteiger partial charge in [0.25, 0.3) is 0 Å². The summed E-state index contributed by atoms with van der Waals surface area (Å²) in [5, 5.41) is 10.1. The van der Waals surface area contributed by atoms with Gasteiger partial charge in [-0.2, -0.15) is 0 Å². The summed E-state index contributed by atoms with van der Waals surface area (Å²) < 4.78 is 49.1. The summed E-state index contributed by atoms with van der Waals surface area (Å²) >= 11 is 0. The van der Waals surface area contributed by atoms with Crippen LogP contribution in [0, 0.1) is 15.9 Å². The molecule has 0 saturated carbocycles. The molecule has 76 valence electrons. The summed E-state index contributed by atoms with van der Waals surface area (Å²) in [5.41, 5.74) is -2.74. The van der Waals surface area contributed by atoms with Crippen LogP contribution in [0.15, 0.2) is 18.2 Å². The third-order valence-corrected chi connectivity index (χ3v) is 1.56. The first-order valence-corrected chi connectivity index (χ1v) is 3.47. The fourth-order valence-electron chi connectivity index (χ4n) is 0.931. The van der Waals surface area contributed by atoms with Gasteiger partial charge in [0.15, 0.2) is 5.82 Å². The van der Waals surface area contributed by atoms with E-state index in [0.717, 1.165) is 6.07 Å². The van der Waals surface area contributed by atoms with Crippen LogP contribution >= 0.6 is 0 Å². The largest absolute Gasteiger partial charge is 1.00 e. The Kier molecular flexibility index (Phi) is 5.41. The average Bonchev–Trinajstić information content (AvgIpc) is 2.01. The normalized spacial score (nSPS) is 10.7. The Labute approximate surface area is 124 Å². The molecule has 0 fully saturated rings.